The molecule has 0 amide bonds. The molecule has 0 saturated carbocycles. The van der Waals surface area contributed by atoms with Crippen LogP contribution in [0.15, 0.2) is 23.1 Å². The van der Waals surface area contributed by atoms with Crippen molar-refractivity contribution in [1.82, 2.24) is 4.72 Å². The van der Waals surface area contributed by atoms with Crippen LogP contribution in [0.4, 0.5) is 10.1 Å². The second-order valence-electron chi connectivity index (χ2n) is 5.68. The van der Waals surface area contributed by atoms with Crippen LogP contribution in [-0.2, 0) is 20.8 Å². The number of benzene rings is 1. The minimum absolute atomic E-state index is 0.0981. The monoisotopic (exact) mass is 362 g/mol. The van der Waals surface area contributed by atoms with Crippen LogP contribution >= 0.6 is 0 Å². The van der Waals surface area contributed by atoms with E-state index in [1.165, 1.54) is 19.2 Å². The topological polar surface area (TPSA) is 66.5 Å². The summed E-state index contributed by atoms with van der Waals surface area (Å²) in [6.07, 6.45) is 1.53. The summed E-state index contributed by atoms with van der Waals surface area (Å²) in [7, 11) is -3.30. The van der Waals surface area contributed by atoms with Gasteiger partial charge in [-0.2, -0.15) is 0 Å². The van der Waals surface area contributed by atoms with Crippen LogP contribution < -0.4 is 9.62 Å². The SMILES string of the molecule is CCC1(CC)CN(c2ccc(S(=O)(=O)NC)cc2F)CCS1=O. The molecule has 1 unspecified atom stereocenters. The summed E-state index contributed by atoms with van der Waals surface area (Å²) in [5, 5.41) is 0. The van der Waals surface area contributed by atoms with Crippen molar-refractivity contribution >= 4 is 26.5 Å². The fourth-order valence-corrected chi connectivity index (χ4v) is 5.44. The van der Waals surface area contributed by atoms with E-state index in [4.69, 9.17) is 0 Å². The lowest BCUT2D eigenvalue weighted by molar-refractivity contribution is 0.491. The Kier molecular flexibility index (Phi) is 5.48. The van der Waals surface area contributed by atoms with Gasteiger partial charge in [0.15, 0.2) is 0 Å². The van der Waals surface area contributed by atoms with E-state index < -0.39 is 26.6 Å². The molecule has 0 radical (unpaired) electrons. The number of anilines is 1. The van der Waals surface area contributed by atoms with Crippen molar-refractivity contribution in [2.75, 3.05) is 30.8 Å². The fraction of sp³-hybridized carbons (Fsp3) is 0.600. The van der Waals surface area contributed by atoms with Crippen LogP contribution in [0.2, 0.25) is 0 Å². The van der Waals surface area contributed by atoms with Crippen molar-refractivity contribution in [2.24, 2.45) is 0 Å². The van der Waals surface area contributed by atoms with Gasteiger partial charge in [-0.1, -0.05) is 13.8 Å². The zero-order valence-electron chi connectivity index (χ0n) is 13.6. The van der Waals surface area contributed by atoms with Gasteiger partial charge in [0.25, 0.3) is 0 Å². The van der Waals surface area contributed by atoms with E-state index in [1.807, 2.05) is 18.7 Å². The third kappa shape index (κ3) is 3.44. The fourth-order valence-electron chi connectivity index (χ4n) is 2.94. The van der Waals surface area contributed by atoms with Crippen LogP contribution in [-0.4, -0.2) is 43.3 Å². The molecule has 0 spiro atoms. The first-order chi connectivity index (χ1) is 10.8. The van der Waals surface area contributed by atoms with E-state index in [1.54, 1.807) is 0 Å². The van der Waals surface area contributed by atoms with Crippen LogP contribution in [0.5, 0.6) is 0 Å². The van der Waals surface area contributed by atoms with Gasteiger partial charge in [0.2, 0.25) is 10.0 Å². The Balaban J connectivity index is 2.34. The van der Waals surface area contributed by atoms with Gasteiger partial charge in [0, 0.05) is 29.6 Å². The Morgan fingerprint density at radius 2 is 2.00 bits per heavy atom. The second kappa shape index (κ2) is 6.86. The summed E-state index contributed by atoms with van der Waals surface area (Å²) in [6.45, 7) is 5.03. The van der Waals surface area contributed by atoms with Gasteiger partial charge in [0.05, 0.1) is 15.3 Å². The zero-order valence-corrected chi connectivity index (χ0v) is 15.3. The number of hydrogen-bond acceptors (Lipinski definition) is 4. The quantitative estimate of drug-likeness (QED) is 0.868. The molecule has 1 N–H and O–H groups in total. The molecule has 1 heterocycles. The number of hydrogen-bond donors (Lipinski definition) is 1. The van der Waals surface area contributed by atoms with E-state index in [-0.39, 0.29) is 9.64 Å². The number of nitrogens with one attached hydrogen (secondary N) is 1. The van der Waals surface area contributed by atoms with Crippen LogP contribution in [0, 0.1) is 5.82 Å². The Labute approximate surface area is 139 Å². The maximum Gasteiger partial charge on any atom is 0.240 e. The summed E-state index contributed by atoms with van der Waals surface area (Å²) in [5.74, 6) is -0.0763. The molecule has 1 aromatic carbocycles. The predicted molar refractivity (Wildman–Crippen MR) is 91.2 cm³/mol. The van der Waals surface area contributed by atoms with E-state index in [0.717, 1.165) is 18.9 Å². The van der Waals surface area contributed by atoms with Crippen molar-refractivity contribution in [2.45, 2.75) is 36.3 Å². The average Bonchev–Trinajstić information content (AvgIpc) is 2.55. The summed E-state index contributed by atoms with van der Waals surface area (Å²) < 4.78 is 52.2. The lowest BCUT2D eigenvalue weighted by atomic mass is 10.0. The smallest absolute Gasteiger partial charge is 0.240 e. The minimum atomic E-state index is -3.67. The van der Waals surface area contributed by atoms with E-state index in [2.05, 4.69) is 4.72 Å². The molecule has 0 aromatic heterocycles. The molecule has 1 atom stereocenters. The van der Waals surface area contributed by atoms with Crippen molar-refractivity contribution in [1.29, 1.82) is 0 Å². The molecular formula is C15H23FN2O3S2. The summed E-state index contributed by atoms with van der Waals surface area (Å²) >= 11 is 0. The summed E-state index contributed by atoms with van der Waals surface area (Å²) in [6, 6.07) is 3.92. The maximum atomic E-state index is 14.4. The number of halogens is 1. The van der Waals surface area contributed by atoms with Crippen molar-refractivity contribution in [3.63, 3.8) is 0 Å². The summed E-state index contributed by atoms with van der Waals surface area (Å²) in [4.78, 5) is 1.78. The van der Waals surface area contributed by atoms with Gasteiger partial charge in [-0.15, -0.1) is 0 Å². The highest BCUT2D eigenvalue weighted by Gasteiger charge is 2.39. The summed E-state index contributed by atoms with van der Waals surface area (Å²) in [5.41, 5.74) is 0.364. The number of sulfonamides is 1. The lowest BCUT2D eigenvalue weighted by Crippen LogP contribution is -2.53. The first-order valence-electron chi connectivity index (χ1n) is 7.66. The molecule has 1 saturated heterocycles. The predicted octanol–water partition coefficient (Wildman–Crippen LogP) is 1.86. The van der Waals surface area contributed by atoms with Gasteiger partial charge in [-0.25, -0.2) is 17.5 Å². The van der Waals surface area contributed by atoms with Gasteiger partial charge >= 0.3 is 0 Å². The van der Waals surface area contributed by atoms with Gasteiger partial charge < -0.3 is 4.90 Å². The largest absolute Gasteiger partial charge is 0.367 e. The van der Waals surface area contributed by atoms with Crippen molar-refractivity contribution in [3.8, 4) is 0 Å². The number of rotatable bonds is 5. The van der Waals surface area contributed by atoms with Gasteiger partial charge in [0.1, 0.15) is 5.82 Å². The molecule has 23 heavy (non-hydrogen) atoms. The molecule has 1 aromatic rings. The molecular weight excluding hydrogens is 339 g/mol. The standard InChI is InChI=1S/C15H23FN2O3S2/c1-4-15(5-2)11-18(8-9-22(15)19)14-7-6-12(10-13(14)16)23(20,21)17-3/h6-7,10,17H,4-5,8-9,11H2,1-3H3. The first-order valence-corrected chi connectivity index (χ1v) is 10.5. The molecule has 2 rings (SSSR count). The molecule has 5 nitrogen and oxygen atoms in total. The normalized spacial score (nSPS) is 21.4. The van der Waals surface area contributed by atoms with Gasteiger partial charge in [-0.05, 0) is 38.1 Å². The van der Waals surface area contributed by atoms with Crippen LogP contribution in [0.1, 0.15) is 26.7 Å². The Morgan fingerprint density at radius 1 is 1.35 bits per heavy atom. The molecule has 1 aliphatic rings. The first kappa shape index (κ1) is 18.4. The van der Waals surface area contributed by atoms with Crippen LogP contribution in [0.25, 0.3) is 0 Å². The van der Waals surface area contributed by atoms with Crippen LogP contribution in [0.3, 0.4) is 0 Å². The van der Waals surface area contributed by atoms with Crippen molar-refractivity contribution in [3.05, 3.63) is 24.0 Å². The highest BCUT2D eigenvalue weighted by Crippen LogP contribution is 2.32. The third-order valence-electron chi connectivity index (χ3n) is 4.64. The van der Waals surface area contributed by atoms with E-state index in [9.17, 15) is 17.0 Å². The maximum absolute atomic E-state index is 14.4. The Hall–Kier alpha value is -0.990. The Morgan fingerprint density at radius 3 is 2.52 bits per heavy atom. The van der Waals surface area contributed by atoms with Gasteiger partial charge in [-0.3, -0.25) is 4.21 Å². The average molecular weight is 362 g/mol. The molecule has 0 aliphatic carbocycles. The molecule has 1 aliphatic heterocycles. The lowest BCUT2D eigenvalue weighted by Gasteiger charge is -2.42. The number of nitrogens with zero attached hydrogens (tertiary/aromatic N) is 1. The molecule has 1 fully saturated rings. The highest BCUT2D eigenvalue weighted by molar-refractivity contribution is 7.89. The van der Waals surface area contributed by atoms with E-state index in [0.29, 0.717) is 24.5 Å². The molecule has 8 heteroatoms. The molecule has 130 valence electrons. The zero-order chi connectivity index (χ0) is 17.3. The molecule has 0 bridgehead atoms. The minimum Gasteiger partial charge on any atom is -0.367 e. The Bertz CT molecular complexity index is 703. The van der Waals surface area contributed by atoms with E-state index >= 15 is 0 Å². The highest BCUT2D eigenvalue weighted by atomic mass is 32.2. The second-order valence-corrected chi connectivity index (χ2v) is 9.53. The third-order valence-corrected chi connectivity index (χ3v) is 8.27. The van der Waals surface area contributed by atoms with Crippen molar-refractivity contribution < 1.29 is 17.0 Å².